The van der Waals surface area contributed by atoms with E-state index in [0.29, 0.717) is 5.75 Å². The van der Waals surface area contributed by atoms with Gasteiger partial charge in [0.25, 0.3) is 0 Å². The topological polar surface area (TPSA) is 76.0 Å². The van der Waals surface area contributed by atoms with Crippen LogP contribution in [0.4, 0.5) is 0 Å². The molecule has 0 fully saturated rings. The van der Waals surface area contributed by atoms with Gasteiger partial charge in [0.1, 0.15) is 17.1 Å². The molecule has 0 bridgehead atoms. The van der Waals surface area contributed by atoms with Crippen LogP contribution in [0.1, 0.15) is 94.9 Å². The van der Waals surface area contributed by atoms with Crippen molar-refractivity contribution in [2.75, 3.05) is 0 Å². The lowest BCUT2D eigenvalue weighted by atomic mass is 9.84. The van der Waals surface area contributed by atoms with Crippen LogP contribution in [0, 0.1) is 32.6 Å². The predicted octanol–water partition coefficient (Wildman–Crippen LogP) is 6.80. The maximum absolute atomic E-state index is 11.4. The summed E-state index contributed by atoms with van der Waals surface area (Å²) in [6, 6.07) is 0. The first-order valence-electron chi connectivity index (χ1n) is 11.4. The summed E-state index contributed by atoms with van der Waals surface area (Å²) in [4.78, 5) is 18.6. The zero-order valence-corrected chi connectivity index (χ0v) is 20.8. The van der Waals surface area contributed by atoms with Gasteiger partial charge in [0.05, 0.1) is 0 Å². The fourth-order valence-electron chi connectivity index (χ4n) is 4.56. The number of hydrogen-bond acceptors (Lipinski definition) is 3. The molecule has 2 rings (SSSR count). The van der Waals surface area contributed by atoms with Gasteiger partial charge in [-0.1, -0.05) is 46.5 Å². The second-order valence-electron chi connectivity index (χ2n) is 9.97. The van der Waals surface area contributed by atoms with Crippen molar-refractivity contribution in [1.82, 2.24) is 0 Å². The quantitative estimate of drug-likeness (QED) is 0.391. The van der Waals surface area contributed by atoms with Crippen molar-refractivity contribution in [3.8, 4) is 11.5 Å². The highest BCUT2D eigenvalue weighted by Crippen LogP contribution is 2.48. The number of ether oxygens (including phenoxy) is 1. The van der Waals surface area contributed by atoms with Gasteiger partial charge in [-0.15, -0.1) is 0 Å². The fraction of sp³-hybridized carbons (Fsp3) is 0.750. The summed E-state index contributed by atoms with van der Waals surface area (Å²) >= 11 is 0. The molecule has 0 aliphatic carbocycles. The molecule has 1 aromatic carbocycles. The number of fused-ring (bicyclic) bond motifs is 1. The standard InChI is InChI=1S/C24H41O5P/c1-16(2)10-8-11-17(3)12-9-14-24(7)15-13-21-20(6)22(29-30(25,26)27)18(4)19(5)23(21)28-24/h16-17H,8-15H2,1-7H3,(H2,25,26,27). The minimum absolute atomic E-state index is 0.195. The molecule has 172 valence electrons. The fourth-order valence-corrected chi connectivity index (χ4v) is 5.07. The van der Waals surface area contributed by atoms with Gasteiger partial charge in [-0.2, -0.15) is 0 Å². The maximum Gasteiger partial charge on any atom is 0.524 e. The molecular formula is C24H41O5P. The van der Waals surface area contributed by atoms with Crippen molar-refractivity contribution in [3.05, 3.63) is 22.3 Å². The van der Waals surface area contributed by atoms with E-state index in [-0.39, 0.29) is 5.60 Å². The Morgan fingerprint density at radius 1 is 1.03 bits per heavy atom. The molecule has 0 saturated heterocycles. The van der Waals surface area contributed by atoms with Gasteiger partial charge in [-0.3, -0.25) is 9.79 Å². The summed E-state index contributed by atoms with van der Waals surface area (Å²) in [7, 11) is -4.60. The van der Waals surface area contributed by atoms with Crippen LogP contribution in [0.15, 0.2) is 0 Å². The minimum Gasteiger partial charge on any atom is -0.487 e. The van der Waals surface area contributed by atoms with Crippen molar-refractivity contribution in [3.63, 3.8) is 0 Å². The van der Waals surface area contributed by atoms with Gasteiger partial charge >= 0.3 is 7.82 Å². The van der Waals surface area contributed by atoms with Gasteiger partial charge in [0.2, 0.25) is 0 Å². The molecule has 1 aliphatic rings. The second-order valence-corrected chi connectivity index (χ2v) is 11.1. The maximum atomic E-state index is 11.4. The summed E-state index contributed by atoms with van der Waals surface area (Å²) in [6.45, 7) is 14.8. The van der Waals surface area contributed by atoms with Crippen molar-refractivity contribution in [1.29, 1.82) is 0 Å². The molecule has 1 aliphatic heterocycles. The number of phosphoric acid groups is 1. The van der Waals surface area contributed by atoms with Crippen molar-refractivity contribution >= 4 is 7.82 Å². The molecule has 1 aromatic rings. The van der Waals surface area contributed by atoms with E-state index in [4.69, 9.17) is 9.26 Å². The molecule has 0 amide bonds. The Kier molecular flexibility index (Phi) is 8.46. The highest BCUT2D eigenvalue weighted by atomic mass is 31.2. The molecule has 6 heteroatoms. The summed E-state index contributed by atoms with van der Waals surface area (Å²) in [6.07, 6.45) is 9.09. The summed E-state index contributed by atoms with van der Waals surface area (Å²) in [5.74, 6) is 2.71. The van der Waals surface area contributed by atoms with Crippen LogP contribution < -0.4 is 9.26 Å². The molecular weight excluding hydrogens is 399 g/mol. The predicted molar refractivity (Wildman–Crippen MR) is 122 cm³/mol. The molecule has 2 N–H and O–H groups in total. The molecule has 5 nitrogen and oxygen atoms in total. The van der Waals surface area contributed by atoms with E-state index in [0.717, 1.165) is 65.5 Å². The van der Waals surface area contributed by atoms with Crippen LogP contribution in [0.2, 0.25) is 0 Å². The van der Waals surface area contributed by atoms with Crippen molar-refractivity contribution in [2.45, 2.75) is 105 Å². The van der Waals surface area contributed by atoms with Gasteiger partial charge in [0, 0.05) is 5.56 Å². The van der Waals surface area contributed by atoms with Crippen molar-refractivity contribution in [2.24, 2.45) is 11.8 Å². The number of phosphoric ester groups is 1. The molecule has 0 saturated carbocycles. The van der Waals surface area contributed by atoms with Gasteiger partial charge < -0.3 is 9.26 Å². The number of benzene rings is 1. The monoisotopic (exact) mass is 440 g/mol. The Labute approximate surface area is 182 Å². The highest BCUT2D eigenvalue weighted by molar-refractivity contribution is 7.46. The first kappa shape index (κ1) is 25.2. The summed E-state index contributed by atoms with van der Waals surface area (Å²) in [5.41, 5.74) is 3.24. The van der Waals surface area contributed by atoms with E-state index in [1.54, 1.807) is 0 Å². The lowest BCUT2D eigenvalue weighted by Gasteiger charge is -2.38. The van der Waals surface area contributed by atoms with Crippen LogP contribution in [0.5, 0.6) is 11.5 Å². The average molecular weight is 441 g/mol. The molecule has 2 atom stereocenters. The summed E-state index contributed by atoms with van der Waals surface area (Å²) in [5, 5.41) is 0. The normalized spacial score (nSPS) is 20.1. The average Bonchev–Trinajstić information content (AvgIpc) is 2.62. The Bertz CT molecular complexity index is 783. The molecule has 0 radical (unpaired) electrons. The van der Waals surface area contributed by atoms with Crippen LogP contribution >= 0.6 is 7.82 Å². The smallest absolute Gasteiger partial charge is 0.487 e. The Balaban J connectivity index is 2.05. The summed E-state index contributed by atoms with van der Waals surface area (Å²) < 4.78 is 23.0. The van der Waals surface area contributed by atoms with Crippen molar-refractivity contribution < 1.29 is 23.6 Å². The number of rotatable bonds is 10. The third-order valence-electron chi connectivity index (χ3n) is 6.65. The van der Waals surface area contributed by atoms with E-state index in [9.17, 15) is 14.4 Å². The molecule has 30 heavy (non-hydrogen) atoms. The zero-order chi connectivity index (χ0) is 22.7. The van der Waals surface area contributed by atoms with Crippen LogP contribution in [-0.2, 0) is 11.0 Å². The van der Waals surface area contributed by atoms with E-state index >= 15 is 0 Å². The SMILES string of the molecule is Cc1c(C)c2c(c(C)c1OP(=O)(O)O)CCC(C)(CCCC(C)CCCC(C)C)O2. The van der Waals surface area contributed by atoms with Crippen LogP contribution in [0.25, 0.3) is 0 Å². The van der Waals surface area contributed by atoms with Gasteiger partial charge in [0.15, 0.2) is 0 Å². The highest BCUT2D eigenvalue weighted by Gasteiger charge is 2.35. The van der Waals surface area contributed by atoms with E-state index in [1.807, 2.05) is 20.8 Å². The minimum atomic E-state index is -4.60. The van der Waals surface area contributed by atoms with E-state index < -0.39 is 7.82 Å². The molecule has 2 unspecified atom stereocenters. The Morgan fingerprint density at radius 2 is 1.67 bits per heavy atom. The first-order valence-corrected chi connectivity index (χ1v) is 12.9. The molecule has 0 aromatic heterocycles. The van der Waals surface area contributed by atoms with Gasteiger partial charge in [-0.05, 0) is 81.9 Å². The molecule has 0 spiro atoms. The van der Waals surface area contributed by atoms with E-state index in [2.05, 4.69) is 27.7 Å². The first-order chi connectivity index (χ1) is 13.8. The van der Waals surface area contributed by atoms with E-state index in [1.165, 1.54) is 25.7 Å². The third kappa shape index (κ3) is 6.73. The lowest BCUT2D eigenvalue weighted by Crippen LogP contribution is -2.37. The largest absolute Gasteiger partial charge is 0.524 e. The number of hydrogen-bond donors (Lipinski definition) is 2. The van der Waals surface area contributed by atoms with Crippen LogP contribution in [0.3, 0.4) is 0 Å². The lowest BCUT2D eigenvalue weighted by molar-refractivity contribution is 0.0512. The van der Waals surface area contributed by atoms with Crippen LogP contribution in [-0.4, -0.2) is 15.4 Å². The Morgan fingerprint density at radius 3 is 2.27 bits per heavy atom. The zero-order valence-electron chi connectivity index (χ0n) is 19.9. The Hall–Kier alpha value is -1.03. The second kappa shape index (κ2) is 10.1. The molecule has 1 heterocycles. The third-order valence-corrected chi connectivity index (χ3v) is 7.07. The van der Waals surface area contributed by atoms with Gasteiger partial charge in [-0.25, -0.2) is 4.57 Å².